The molecule has 1 aromatic carbocycles. The molecule has 0 aliphatic rings. The fourth-order valence-electron chi connectivity index (χ4n) is 2.70. The topological polar surface area (TPSA) is 53.1 Å². The summed E-state index contributed by atoms with van der Waals surface area (Å²) in [6.45, 7) is 10.2. The third kappa shape index (κ3) is 5.17. The number of anilines is 2. The van der Waals surface area contributed by atoms with Gasteiger partial charge in [-0.15, -0.1) is 11.3 Å². The largest absolute Gasteiger partial charge is 0.367 e. The van der Waals surface area contributed by atoms with Crippen molar-refractivity contribution >= 4 is 33.3 Å². The smallest absolute Gasteiger partial charge is 0.225 e. The molecule has 0 saturated heterocycles. The summed E-state index contributed by atoms with van der Waals surface area (Å²) in [5.74, 6) is 1.56. The number of hydrogen-bond donors (Lipinski definition) is 2. The number of thiophene rings is 1. The fourth-order valence-corrected chi connectivity index (χ4v) is 3.77. The van der Waals surface area contributed by atoms with Crippen molar-refractivity contribution in [3.05, 3.63) is 35.9 Å². The number of likely N-dealkylation sites (N-methyl/N-ethyl adjacent to an activating group) is 1. The molecule has 2 heterocycles. The van der Waals surface area contributed by atoms with E-state index in [2.05, 4.69) is 87.7 Å². The van der Waals surface area contributed by atoms with E-state index in [-0.39, 0.29) is 5.54 Å². The molecule has 6 heteroatoms. The highest BCUT2D eigenvalue weighted by Gasteiger charge is 2.16. The summed E-state index contributed by atoms with van der Waals surface area (Å²) in [6, 6.07) is 10.8. The maximum absolute atomic E-state index is 4.77. The van der Waals surface area contributed by atoms with Crippen LogP contribution in [-0.4, -0.2) is 47.6 Å². The molecule has 0 radical (unpaired) electrons. The molecule has 144 valence electrons. The SMILES string of the molecule is Cc1ccc(-c2cc3nc(NC(C)(C)C)nc(NCCN(C)C)c3s2)cc1. The number of aryl methyl sites for hydroxylation is 1. The van der Waals surface area contributed by atoms with Crippen molar-refractivity contribution in [2.75, 3.05) is 37.8 Å². The van der Waals surface area contributed by atoms with Gasteiger partial charge < -0.3 is 15.5 Å². The molecular weight excluding hydrogens is 354 g/mol. The van der Waals surface area contributed by atoms with Crippen molar-refractivity contribution in [3.63, 3.8) is 0 Å². The van der Waals surface area contributed by atoms with Crippen LogP contribution < -0.4 is 10.6 Å². The van der Waals surface area contributed by atoms with E-state index in [0.29, 0.717) is 5.95 Å². The number of nitrogens with zero attached hydrogens (tertiary/aromatic N) is 3. The van der Waals surface area contributed by atoms with Gasteiger partial charge in [-0.25, -0.2) is 4.98 Å². The number of aromatic nitrogens is 2. The van der Waals surface area contributed by atoms with Gasteiger partial charge in [0.25, 0.3) is 0 Å². The van der Waals surface area contributed by atoms with Gasteiger partial charge in [0.15, 0.2) is 0 Å². The van der Waals surface area contributed by atoms with Crippen LogP contribution in [0.1, 0.15) is 26.3 Å². The molecular formula is C21H29N5S. The molecule has 0 atom stereocenters. The van der Waals surface area contributed by atoms with Crippen LogP contribution in [0.25, 0.3) is 20.7 Å². The molecule has 3 aromatic rings. The molecule has 3 rings (SSSR count). The molecule has 0 aliphatic heterocycles. The van der Waals surface area contributed by atoms with Gasteiger partial charge in [-0.1, -0.05) is 29.8 Å². The Morgan fingerprint density at radius 2 is 1.78 bits per heavy atom. The first-order chi connectivity index (χ1) is 12.7. The highest BCUT2D eigenvalue weighted by Crippen LogP contribution is 2.37. The Bertz CT molecular complexity index is 907. The minimum atomic E-state index is -0.0929. The quantitative estimate of drug-likeness (QED) is 0.637. The summed E-state index contributed by atoms with van der Waals surface area (Å²) < 4.78 is 1.10. The van der Waals surface area contributed by atoms with Crippen molar-refractivity contribution in [1.82, 2.24) is 14.9 Å². The molecule has 0 fully saturated rings. The van der Waals surface area contributed by atoms with Crippen LogP contribution in [0.15, 0.2) is 30.3 Å². The van der Waals surface area contributed by atoms with E-state index >= 15 is 0 Å². The lowest BCUT2D eigenvalue weighted by atomic mass is 10.1. The van der Waals surface area contributed by atoms with Crippen molar-refractivity contribution in [1.29, 1.82) is 0 Å². The molecule has 2 N–H and O–H groups in total. The first-order valence-electron chi connectivity index (χ1n) is 9.27. The van der Waals surface area contributed by atoms with Gasteiger partial charge >= 0.3 is 0 Å². The minimum absolute atomic E-state index is 0.0929. The van der Waals surface area contributed by atoms with E-state index < -0.39 is 0 Å². The number of hydrogen-bond acceptors (Lipinski definition) is 6. The highest BCUT2D eigenvalue weighted by atomic mass is 32.1. The zero-order valence-electron chi connectivity index (χ0n) is 17.1. The van der Waals surface area contributed by atoms with Crippen LogP contribution in [0.4, 0.5) is 11.8 Å². The van der Waals surface area contributed by atoms with Crippen LogP contribution in [0.2, 0.25) is 0 Å². The molecule has 5 nitrogen and oxygen atoms in total. The summed E-state index contributed by atoms with van der Waals surface area (Å²) in [4.78, 5) is 12.9. The van der Waals surface area contributed by atoms with Crippen LogP contribution in [0.5, 0.6) is 0 Å². The Morgan fingerprint density at radius 1 is 1.07 bits per heavy atom. The van der Waals surface area contributed by atoms with E-state index in [1.54, 1.807) is 11.3 Å². The first-order valence-corrected chi connectivity index (χ1v) is 10.1. The normalized spacial score (nSPS) is 12.0. The molecule has 0 aliphatic carbocycles. The summed E-state index contributed by atoms with van der Waals surface area (Å²) in [5.41, 5.74) is 3.37. The zero-order chi connectivity index (χ0) is 19.6. The van der Waals surface area contributed by atoms with Crippen LogP contribution in [-0.2, 0) is 0 Å². The van der Waals surface area contributed by atoms with Crippen LogP contribution >= 0.6 is 11.3 Å². The van der Waals surface area contributed by atoms with Crippen molar-refractivity contribution in [2.24, 2.45) is 0 Å². The lowest BCUT2D eigenvalue weighted by Gasteiger charge is -2.21. The molecule has 0 amide bonds. The fraction of sp³-hybridized carbons (Fsp3) is 0.429. The van der Waals surface area contributed by atoms with Crippen molar-refractivity contribution in [3.8, 4) is 10.4 Å². The molecule has 0 saturated carbocycles. The maximum Gasteiger partial charge on any atom is 0.225 e. The zero-order valence-corrected chi connectivity index (χ0v) is 17.9. The van der Waals surface area contributed by atoms with Gasteiger partial charge in [0.05, 0.1) is 10.2 Å². The lowest BCUT2D eigenvalue weighted by Crippen LogP contribution is -2.27. The summed E-state index contributed by atoms with van der Waals surface area (Å²) in [7, 11) is 4.15. The van der Waals surface area contributed by atoms with Gasteiger partial charge in [-0.2, -0.15) is 4.98 Å². The van der Waals surface area contributed by atoms with Crippen LogP contribution in [0, 0.1) is 6.92 Å². The number of rotatable bonds is 6. The third-order valence-electron chi connectivity index (χ3n) is 4.05. The van der Waals surface area contributed by atoms with Crippen molar-refractivity contribution in [2.45, 2.75) is 33.2 Å². The third-order valence-corrected chi connectivity index (χ3v) is 5.23. The number of benzene rings is 1. The molecule has 0 unspecified atom stereocenters. The second-order valence-electron chi connectivity index (χ2n) is 8.19. The van der Waals surface area contributed by atoms with E-state index in [1.807, 2.05) is 0 Å². The predicted molar refractivity (Wildman–Crippen MR) is 118 cm³/mol. The minimum Gasteiger partial charge on any atom is -0.367 e. The van der Waals surface area contributed by atoms with E-state index in [4.69, 9.17) is 9.97 Å². The van der Waals surface area contributed by atoms with Gasteiger partial charge in [0.2, 0.25) is 5.95 Å². The molecule has 0 spiro atoms. The first kappa shape index (κ1) is 19.6. The van der Waals surface area contributed by atoms with Gasteiger partial charge in [-0.05, 0) is 53.4 Å². The van der Waals surface area contributed by atoms with Crippen LogP contribution in [0.3, 0.4) is 0 Å². The van der Waals surface area contributed by atoms with E-state index in [1.165, 1.54) is 16.0 Å². The van der Waals surface area contributed by atoms with Gasteiger partial charge in [0, 0.05) is 23.5 Å². The second-order valence-corrected chi connectivity index (χ2v) is 9.24. The molecule has 2 aromatic heterocycles. The standard InChI is InChI=1S/C21H29N5S/c1-14-7-9-15(10-8-14)17-13-16-18(27-17)19(22-11-12-26(5)6)24-20(23-16)25-21(2,3)4/h7-10,13H,11-12H2,1-6H3,(H2,22,23,24,25). The van der Waals surface area contributed by atoms with Gasteiger partial charge in [-0.3, -0.25) is 0 Å². The molecule has 0 bridgehead atoms. The average Bonchev–Trinajstić information content (AvgIpc) is 2.97. The summed E-state index contributed by atoms with van der Waals surface area (Å²) in [6.07, 6.45) is 0. The Morgan fingerprint density at radius 3 is 2.41 bits per heavy atom. The second kappa shape index (κ2) is 7.82. The Hall–Kier alpha value is -2.18. The van der Waals surface area contributed by atoms with E-state index in [0.717, 1.165) is 29.1 Å². The lowest BCUT2D eigenvalue weighted by molar-refractivity contribution is 0.425. The Labute approximate surface area is 165 Å². The van der Waals surface area contributed by atoms with Crippen molar-refractivity contribution < 1.29 is 0 Å². The molecule has 27 heavy (non-hydrogen) atoms. The van der Waals surface area contributed by atoms with E-state index in [9.17, 15) is 0 Å². The Balaban J connectivity index is 2.01. The summed E-state index contributed by atoms with van der Waals surface area (Å²) in [5, 5.41) is 6.90. The monoisotopic (exact) mass is 383 g/mol. The maximum atomic E-state index is 4.77. The number of nitrogens with one attached hydrogen (secondary N) is 2. The predicted octanol–water partition coefficient (Wildman–Crippen LogP) is 4.85. The average molecular weight is 384 g/mol. The Kier molecular flexibility index (Phi) is 5.67. The summed E-state index contributed by atoms with van der Waals surface area (Å²) >= 11 is 1.74. The highest BCUT2D eigenvalue weighted by molar-refractivity contribution is 7.22. The number of fused-ring (bicyclic) bond motifs is 1. The van der Waals surface area contributed by atoms with Gasteiger partial charge in [0.1, 0.15) is 5.82 Å².